The third kappa shape index (κ3) is 4.23. The monoisotopic (exact) mass is 439 g/mol. The number of benzene rings is 2. The van der Waals surface area contributed by atoms with Crippen LogP contribution in [0.15, 0.2) is 24.3 Å². The summed E-state index contributed by atoms with van der Waals surface area (Å²) in [5.74, 6) is -5.85. The summed E-state index contributed by atoms with van der Waals surface area (Å²) in [6.07, 6.45) is -10.8. The summed E-state index contributed by atoms with van der Waals surface area (Å²) < 4.78 is 109. The van der Waals surface area contributed by atoms with Gasteiger partial charge in [-0.15, -0.1) is 0 Å². The zero-order valence-corrected chi connectivity index (χ0v) is 15.6. The van der Waals surface area contributed by atoms with Gasteiger partial charge in [0.2, 0.25) is 0 Å². The second-order valence-corrected chi connectivity index (χ2v) is 7.14. The molecule has 0 saturated carbocycles. The van der Waals surface area contributed by atoms with Gasteiger partial charge in [-0.3, -0.25) is 5.32 Å². The summed E-state index contributed by atoms with van der Waals surface area (Å²) in [4.78, 5) is 0. The SMILES string of the molecule is CCC(F)c1cc(F)cc(F)c1Cc1ccc(NC(F)(F)F)c2c1CC(F)(F)C2O. The van der Waals surface area contributed by atoms with Gasteiger partial charge in [0.05, 0.1) is 0 Å². The molecule has 2 unspecified atom stereocenters. The van der Waals surface area contributed by atoms with Gasteiger partial charge >= 0.3 is 6.30 Å². The second kappa shape index (κ2) is 7.72. The number of hydrogen-bond acceptors (Lipinski definition) is 2. The Hall–Kier alpha value is -2.36. The third-order valence-electron chi connectivity index (χ3n) is 5.07. The highest BCUT2D eigenvalue weighted by Gasteiger charge is 2.49. The van der Waals surface area contributed by atoms with Crippen LogP contribution in [0, 0.1) is 11.6 Å². The Bertz CT molecular complexity index is 957. The molecule has 0 saturated heterocycles. The molecule has 0 amide bonds. The summed E-state index contributed by atoms with van der Waals surface area (Å²) in [6.45, 7) is 1.45. The van der Waals surface area contributed by atoms with Gasteiger partial charge in [0.1, 0.15) is 23.9 Å². The van der Waals surface area contributed by atoms with Crippen LogP contribution in [0.25, 0.3) is 0 Å². The minimum Gasteiger partial charge on any atom is -0.382 e. The van der Waals surface area contributed by atoms with Gasteiger partial charge in [0.15, 0.2) is 0 Å². The Labute approximate surface area is 166 Å². The normalized spacial score (nSPS) is 18.9. The molecule has 3 rings (SSSR count). The average molecular weight is 439 g/mol. The van der Waals surface area contributed by atoms with E-state index in [1.165, 1.54) is 6.92 Å². The number of hydrogen-bond donors (Lipinski definition) is 2. The van der Waals surface area contributed by atoms with Crippen molar-refractivity contribution in [3.05, 3.63) is 63.7 Å². The van der Waals surface area contributed by atoms with Gasteiger partial charge in [-0.05, 0) is 40.8 Å². The Kier molecular flexibility index (Phi) is 5.74. The smallest absolute Gasteiger partial charge is 0.382 e. The molecule has 30 heavy (non-hydrogen) atoms. The molecular formula is C20H17F8NO. The van der Waals surface area contributed by atoms with Crippen LogP contribution in [0.3, 0.4) is 0 Å². The van der Waals surface area contributed by atoms with Crippen molar-refractivity contribution in [2.24, 2.45) is 0 Å². The van der Waals surface area contributed by atoms with Crippen molar-refractivity contribution in [1.29, 1.82) is 0 Å². The molecule has 1 aliphatic carbocycles. The van der Waals surface area contributed by atoms with Crippen LogP contribution in [0.4, 0.5) is 40.8 Å². The summed E-state index contributed by atoms with van der Waals surface area (Å²) in [7, 11) is 0. The lowest BCUT2D eigenvalue weighted by molar-refractivity contribution is -0.103. The standard InChI is InChI=1S/C20H17F8NO/c1-2-14(22)12-6-10(21)7-15(23)11(12)5-9-3-4-16(29-20(26,27)28)17-13(9)8-19(24,25)18(17)30/h3-4,6-7,14,18,29-30H,2,5,8H2,1H3. The fourth-order valence-electron chi connectivity index (χ4n) is 3.70. The number of fused-ring (bicyclic) bond motifs is 1. The van der Waals surface area contributed by atoms with E-state index in [2.05, 4.69) is 0 Å². The predicted octanol–water partition coefficient (Wildman–Crippen LogP) is 6.13. The average Bonchev–Trinajstić information content (AvgIpc) is 2.87. The maximum atomic E-state index is 14.4. The van der Waals surface area contributed by atoms with Gasteiger partial charge in [-0.25, -0.2) is 22.0 Å². The van der Waals surface area contributed by atoms with Crippen LogP contribution in [-0.2, 0) is 12.8 Å². The van der Waals surface area contributed by atoms with E-state index in [0.717, 1.165) is 23.5 Å². The molecule has 0 aromatic heterocycles. The molecule has 0 radical (unpaired) electrons. The molecule has 2 aromatic rings. The van der Waals surface area contributed by atoms with Crippen molar-refractivity contribution in [2.75, 3.05) is 5.32 Å². The molecule has 0 spiro atoms. The van der Waals surface area contributed by atoms with E-state index >= 15 is 0 Å². The number of anilines is 1. The molecule has 2 N–H and O–H groups in total. The van der Waals surface area contributed by atoms with E-state index in [0.29, 0.717) is 6.07 Å². The van der Waals surface area contributed by atoms with Crippen molar-refractivity contribution in [3.63, 3.8) is 0 Å². The molecule has 2 aromatic carbocycles. The highest BCUT2D eigenvalue weighted by molar-refractivity contribution is 5.62. The third-order valence-corrected chi connectivity index (χ3v) is 5.07. The number of alkyl halides is 6. The lowest BCUT2D eigenvalue weighted by atomic mass is 9.91. The van der Waals surface area contributed by atoms with Crippen molar-refractivity contribution < 1.29 is 40.2 Å². The second-order valence-electron chi connectivity index (χ2n) is 7.14. The summed E-state index contributed by atoms with van der Waals surface area (Å²) in [5.41, 5.74) is -2.28. The number of rotatable bonds is 5. The first-order chi connectivity index (χ1) is 13.8. The van der Waals surface area contributed by atoms with Crippen LogP contribution in [0.1, 0.15) is 53.4 Å². The fourth-order valence-corrected chi connectivity index (χ4v) is 3.70. The van der Waals surface area contributed by atoms with E-state index in [-0.39, 0.29) is 28.7 Å². The summed E-state index contributed by atoms with van der Waals surface area (Å²) >= 11 is 0. The number of aliphatic hydroxyl groups is 1. The minimum absolute atomic E-state index is 0.0102. The van der Waals surface area contributed by atoms with E-state index < -0.39 is 60.2 Å². The van der Waals surface area contributed by atoms with Crippen LogP contribution < -0.4 is 5.32 Å². The molecule has 0 fully saturated rings. The van der Waals surface area contributed by atoms with E-state index in [9.17, 15) is 40.2 Å². The fraction of sp³-hybridized carbons (Fsp3) is 0.400. The van der Waals surface area contributed by atoms with Crippen LogP contribution in [-0.4, -0.2) is 17.3 Å². The van der Waals surface area contributed by atoms with Crippen LogP contribution >= 0.6 is 0 Å². The minimum atomic E-state index is -4.94. The molecule has 2 nitrogen and oxygen atoms in total. The zero-order valence-electron chi connectivity index (χ0n) is 15.6. The van der Waals surface area contributed by atoms with Gasteiger partial charge < -0.3 is 5.11 Å². The summed E-state index contributed by atoms with van der Waals surface area (Å²) in [5, 5.41) is 11.0. The largest absolute Gasteiger partial charge is 0.482 e. The van der Waals surface area contributed by atoms with E-state index in [1.807, 2.05) is 0 Å². The van der Waals surface area contributed by atoms with E-state index in [4.69, 9.17) is 0 Å². The molecule has 0 bridgehead atoms. The Morgan fingerprint density at radius 3 is 2.47 bits per heavy atom. The molecule has 0 heterocycles. The van der Waals surface area contributed by atoms with Crippen molar-refractivity contribution >= 4 is 5.69 Å². The quantitative estimate of drug-likeness (QED) is 0.434. The lowest BCUT2D eigenvalue weighted by Crippen LogP contribution is -2.24. The Balaban J connectivity index is 2.12. The van der Waals surface area contributed by atoms with Crippen molar-refractivity contribution in [3.8, 4) is 0 Å². The number of aliphatic hydroxyl groups excluding tert-OH is 1. The van der Waals surface area contributed by atoms with Gasteiger partial charge in [0, 0.05) is 30.2 Å². The Morgan fingerprint density at radius 2 is 1.87 bits per heavy atom. The number of halogens is 8. The molecule has 0 aliphatic heterocycles. The lowest BCUT2D eigenvalue weighted by Gasteiger charge is -2.19. The van der Waals surface area contributed by atoms with Crippen LogP contribution in [0.5, 0.6) is 0 Å². The molecule has 164 valence electrons. The first kappa shape index (κ1) is 22.3. The van der Waals surface area contributed by atoms with Gasteiger partial charge in [-0.2, -0.15) is 13.2 Å². The van der Waals surface area contributed by atoms with Gasteiger partial charge in [-0.1, -0.05) is 13.0 Å². The molecular weight excluding hydrogens is 422 g/mol. The highest BCUT2D eigenvalue weighted by Crippen LogP contribution is 2.48. The predicted molar refractivity (Wildman–Crippen MR) is 93.0 cm³/mol. The number of nitrogens with one attached hydrogen (secondary N) is 1. The highest BCUT2D eigenvalue weighted by atomic mass is 19.4. The molecule has 10 heteroatoms. The summed E-state index contributed by atoms with van der Waals surface area (Å²) in [6, 6.07) is 3.24. The topological polar surface area (TPSA) is 32.3 Å². The van der Waals surface area contributed by atoms with Crippen LogP contribution in [0.2, 0.25) is 0 Å². The van der Waals surface area contributed by atoms with Gasteiger partial charge in [0.25, 0.3) is 5.92 Å². The van der Waals surface area contributed by atoms with E-state index in [1.54, 1.807) is 0 Å². The first-order valence-electron chi connectivity index (χ1n) is 9.01. The van der Waals surface area contributed by atoms with Crippen molar-refractivity contribution in [1.82, 2.24) is 0 Å². The maximum absolute atomic E-state index is 14.4. The Morgan fingerprint density at radius 1 is 1.20 bits per heavy atom. The van der Waals surface area contributed by atoms with Crippen molar-refractivity contribution in [2.45, 2.75) is 50.7 Å². The molecule has 1 aliphatic rings. The maximum Gasteiger partial charge on any atom is 0.482 e. The zero-order chi connectivity index (χ0) is 22.4. The molecule has 2 atom stereocenters. The first-order valence-corrected chi connectivity index (χ1v) is 9.01.